The summed E-state index contributed by atoms with van der Waals surface area (Å²) in [6.45, 7) is 0. The maximum Gasteiger partial charge on any atom is 0.299 e. The molecule has 1 fully saturated rings. The molecule has 0 aromatic rings. The highest BCUT2D eigenvalue weighted by Gasteiger charge is 2.26. The van der Waals surface area contributed by atoms with Gasteiger partial charge in [0.05, 0.1) is 7.11 Å². The molecule has 0 bridgehead atoms. The van der Waals surface area contributed by atoms with Crippen LogP contribution in [0.1, 0.15) is 12.8 Å². The van der Waals surface area contributed by atoms with Crippen LogP contribution in [0.5, 0.6) is 0 Å². The normalized spacial score (nSPS) is 19.3. The number of hydrogen-bond acceptors (Lipinski definition) is 3. The van der Waals surface area contributed by atoms with Gasteiger partial charge in [-0.2, -0.15) is 13.1 Å². The third-order valence-corrected chi connectivity index (χ3v) is 2.12. The van der Waals surface area contributed by atoms with Crippen LogP contribution in [0, 0.1) is 0 Å². The highest BCUT2D eigenvalue weighted by molar-refractivity contribution is 7.87. The predicted molar refractivity (Wildman–Crippen MR) is 35.2 cm³/mol. The summed E-state index contributed by atoms with van der Waals surface area (Å²) in [6.07, 6.45) is 1.84. The minimum Gasteiger partial charge on any atom is -0.289 e. The average Bonchev–Trinajstić information content (AvgIpc) is 2.48. The molecule has 0 radical (unpaired) electrons. The van der Waals surface area contributed by atoms with Crippen molar-refractivity contribution in [2.24, 2.45) is 0 Å². The van der Waals surface area contributed by atoms with Crippen molar-refractivity contribution >= 4 is 10.2 Å². The van der Waals surface area contributed by atoms with Crippen LogP contribution in [0.2, 0.25) is 0 Å². The van der Waals surface area contributed by atoms with Crippen molar-refractivity contribution in [3.05, 3.63) is 0 Å². The summed E-state index contributed by atoms with van der Waals surface area (Å²) >= 11 is 0. The maximum atomic E-state index is 10.7. The Kier molecular flexibility index (Phi) is 2.24. The fourth-order valence-corrected chi connectivity index (χ4v) is 1.50. The molecule has 10 heavy (non-hydrogen) atoms. The summed E-state index contributed by atoms with van der Waals surface area (Å²) in [5.41, 5.74) is 0. The van der Waals surface area contributed by atoms with Crippen molar-refractivity contribution in [3.8, 4) is 0 Å². The first-order valence-corrected chi connectivity index (χ1v) is 4.44. The van der Waals surface area contributed by atoms with Gasteiger partial charge in [-0.1, -0.05) is 4.89 Å². The van der Waals surface area contributed by atoms with Crippen LogP contribution in [0.15, 0.2) is 0 Å². The second-order valence-electron chi connectivity index (χ2n) is 2.18. The molecule has 0 aromatic carbocycles. The molecule has 1 aliphatic carbocycles. The van der Waals surface area contributed by atoms with Gasteiger partial charge in [0.15, 0.2) is 0 Å². The van der Waals surface area contributed by atoms with Crippen LogP contribution in [0.25, 0.3) is 0 Å². The van der Waals surface area contributed by atoms with Crippen molar-refractivity contribution in [1.82, 2.24) is 9.61 Å². The van der Waals surface area contributed by atoms with E-state index in [1.54, 1.807) is 0 Å². The zero-order chi connectivity index (χ0) is 7.61. The van der Waals surface area contributed by atoms with Crippen molar-refractivity contribution in [3.63, 3.8) is 0 Å². The second kappa shape index (κ2) is 2.83. The minimum absolute atomic E-state index is 0.118. The molecule has 0 unspecified atom stereocenters. The largest absolute Gasteiger partial charge is 0.299 e. The highest BCUT2D eigenvalue weighted by Crippen LogP contribution is 2.19. The SMILES string of the molecule is CONS(=O)(=O)NC1CC1. The van der Waals surface area contributed by atoms with E-state index in [0.717, 1.165) is 12.8 Å². The number of hydrogen-bond donors (Lipinski definition) is 2. The molecule has 0 saturated heterocycles. The topological polar surface area (TPSA) is 67.4 Å². The first-order chi connectivity index (χ1) is 4.64. The van der Waals surface area contributed by atoms with E-state index < -0.39 is 10.2 Å². The van der Waals surface area contributed by atoms with Gasteiger partial charge in [-0.3, -0.25) is 4.84 Å². The highest BCUT2D eigenvalue weighted by atomic mass is 32.2. The van der Waals surface area contributed by atoms with Crippen LogP contribution in [0.3, 0.4) is 0 Å². The Hall–Kier alpha value is -0.170. The first-order valence-electron chi connectivity index (χ1n) is 2.96. The molecule has 60 valence electrons. The monoisotopic (exact) mass is 166 g/mol. The molecular weight excluding hydrogens is 156 g/mol. The maximum absolute atomic E-state index is 10.7. The standard InChI is InChI=1S/C4H10N2O3S/c1-9-6-10(7,8)5-4-2-3-4/h4-6H,2-3H2,1H3. The van der Waals surface area contributed by atoms with Crippen LogP contribution in [-0.2, 0) is 15.0 Å². The van der Waals surface area contributed by atoms with E-state index in [4.69, 9.17) is 0 Å². The van der Waals surface area contributed by atoms with Gasteiger partial charge in [-0.15, -0.1) is 0 Å². The fourth-order valence-electron chi connectivity index (χ4n) is 0.554. The van der Waals surface area contributed by atoms with E-state index in [1.807, 2.05) is 4.89 Å². The summed E-state index contributed by atoms with van der Waals surface area (Å²) in [6, 6.07) is 0.118. The van der Waals surface area contributed by atoms with E-state index in [2.05, 4.69) is 9.56 Å². The smallest absolute Gasteiger partial charge is 0.289 e. The molecular formula is C4H10N2O3S. The molecule has 0 atom stereocenters. The third kappa shape index (κ3) is 2.61. The average molecular weight is 166 g/mol. The van der Waals surface area contributed by atoms with E-state index >= 15 is 0 Å². The molecule has 0 aromatic heterocycles. The lowest BCUT2D eigenvalue weighted by molar-refractivity contribution is 0.152. The Bertz CT molecular complexity index is 197. The molecule has 0 aliphatic heterocycles. The van der Waals surface area contributed by atoms with Crippen molar-refractivity contribution in [2.75, 3.05) is 7.11 Å². The quantitative estimate of drug-likeness (QED) is 0.534. The van der Waals surface area contributed by atoms with Gasteiger partial charge >= 0.3 is 0 Å². The Labute approximate surface area is 59.9 Å². The van der Waals surface area contributed by atoms with Crippen LogP contribution in [-0.4, -0.2) is 21.6 Å². The number of nitrogens with one attached hydrogen (secondary N) is 2. The lowest BCUT2D eigenvalue weighted by Crippen LogP contribution is -2.36. The van der Waals surface area contributed by atoms with Gasteiger partial charge in [-0.05, 0) is 12.8 Å². The van der Waals surface area contributed by atoms with Gasteiger partial charge in [0.2, 0.25) is 0 Å². The van der Waals surface area contributed by atoms with Crippen molar-refractivity contribution in [1.29, 1.82) is 0 Å². The second-order valence-corrected chi connectivity index (χ2v) is 3.59. The molecule has 1 aliphatic rings. The zero-order valence-electron chi connectivity index (χ0n) is 5.62. The molecule has 5 nitrogen and oxygen atoms in total. The lowest BCUT2D eigenvalue weighted by Gasteiger charge is -2.02. The van der Waals surface area contributed by atoms with Crippen LogP contribution >= 0.6 is 0 Å². The third-order valence-electron chi connectivity index (χ3n) is 1.09. The van der Waals surface area contributed by atoms with Crippen molar-refractivity contribution in [2.45, 2.75) is 18.9 Å². The van der Waals surface area contributed by atoms with Gasteiger partial charge in [0.25, 0.3) is 10.2 Å². The number of rotatable bonds is 4. The minimum atomic E-state index is -3.39. The zero-order valence-corrected chi connectivity index (χ0v) is 6.44. The molecule has 0 spiro atoms. The molecule has 0 amide bonds. The summed E-state index contributed by atoms with van der Waals surface area (Å²) in [4.78, 5) is 6.09. The van der Waals surface area contributed by atoms with Gasteiger partial charge in [0, 0.05) is 6.04 Å². The van der Waals surface area contributed by atoms with E-state index in [1.165, 1.54) is 7.11 Å². The summed E-state index contributed by atoms with van der Waals surface area (Å²) in [7, 11) is -2.13. The fraction of sp³-hybridized carbons (Fsp3) is 1.00. The molecule has 1 rings (SSSR count). The summed E-state index contributed by atoms with van der Waals surface area (Å²) in [5, 5.41) is 0. The van der Waals surface area contributed by atoms with Crippen LogP contribution < -0.4 is 9.61 Å². The van der Waals surface area contributed by atoms with E-state index in [9.17, 15) is 8.42 Å². The Morgan fingerprint density at radius 1 is 1.50 bits per heavy atom. The Balaban J connectivity index is 2.34. The molecule has 2 N–H and O–H groups in total. The first kappa shape index (κ1) is 7.93. The molecule has 1 saturated carbocycles. The van der Waals surface area contributed by atoms with Gasteiger partial charge < -0.3 is 0 Å². The summed E-state index contributed by atoms with van der Waals surface area (Å²) in [5.74, 6) is 0. The van der Waals surface area contributed by atoms with E-state index in [-0.39, 0.29) is 6.04 Å². The Morgan fingerprint density at radius 2 is 2.10 bits per heavy atom. The predicted octanol–water partition coefficient (Wildman–Crippen LogP) is -0.866. The van der Waals surface area contributed by atoms with E-state index in [0.29, 0.717) is 0 Å². The van der Waals surface area contributed by atoms with Crippen LogP contribution in [0.4, 0.5) is 0 Å². The lowest BCUT2D eigenvalue weighted by atomic mass is 10.8. The van der Waals surface area contributed by atoms with Gasteiger partial charge in [0.1, 0.15) is 0 Å². The van der Waals surface area contributed by atoms with Gasteiger partial charge in [-0.25, -0.2) is 0 Å². The summed E-state index contributed by atoms with van der Waals surface area (Å²) < 4.78 is 23.8. The molecule has 0 heterocycles. The molecule has 6 heteroatoms. The van der Waals surface area contributed by atoms with Crippen molar-refractivity contribution < 1.29 is 13.3 Å². The Morgan fingerprint density at radius 3 is 2.50 bits per heavy atom.